The first-order valence-corrected chi connectivity index (χ1v) is 5.83. The van der Waals surface area contributed by atoms with Crippen LogP contribution in [0, 0.1) is 5.92 Å². The van der Waals surface area contributed by atoms with Crippen LogP contribution in [0.4, 0.5) is 0 Å². The summed E-state index contributed by atoms with van der Waals surface area (Å²) in [5.74, 6) is -0.765. The smallest absolute Gasteiger partial charge is 0.180 e. The zero-order valence-corrected chi connectivity index (χ0v) is 10.5. The van der Waals surface area contributed by atoms with Crippen molar-refractivity contribution < 1.29 is 14.3 Å². The molecule has 2 atom stereocenters. The first-order chi connectivity index (χ1) is 8.59. The minimum atomic E-state index is -0.980. The third-order valence-corrected chi connectivity index (χ3v) is 3.02. The number of oxazole rings is 1. The quantitative estimate of drug-likeness (QED) is 0.864. The Balaban J connectivity index is 2.16. The minimum absolute atomic E-state index is 0.165. The van der Waals surface area contributed by atoms with Crippen molar-refractivity contribution in [2.24, 2.45) is 5.92 Å². The maximum Gasteiger partial charge on any atom is 0.180 e. The molecule has 1 heterocycles. The summed E-state index contributed by atoms with van der Waals surface area (Å²) in [6.07, 6.45) is 1.57. The Morgan fingerprint density at radius 3 is 2.61 bits per heavy atom. The highest BCUT2D eigenvalue weighted by Gasteiger charge is 2.26. The summed E-state index contributed by atoms with van der Waals surface area (Å²) in [6, 6.07) is 6.56. The Hall–Kier alpha value is -1.65. The molecule has 0 aliphatic heterocycles. The number of carbonyl (C=O) groups is 1. The molecule has 0 spiro atoms. The summed E-state index contributed by atoms with van der Waals surface area (Å²) in [5, 5.41) is 10.6. The summed E-state index contributed by atoms with van der Waals surface area (Å²) in [6.45, 7) is 1.65. The Morgan fingerprint density at radius 2 is 2.06 bits per heavy atom. The van der Waals surface area contributed by atoms with Crippen LogP contribution in [-0.2, 0) is 0 Å². The van der Waals surface area contributed by atoms with E-state index in [1.807, 2.05) is 0 Å². The number of hydrogen-bond donors (Lipinski definition) is 1. The monoisotopic (exact) mass is 265 g/mol. The molecule has 18 heavy (non-hydrogen) atoms. The first kappa shape index (κ1) is 12.8. The van der Waals surface area contributed by atoms with E-state index in [1.165, 1.54) is 12.7 Å². The maximum atomic E-state index is 12.1. The summed E-state index contributed by atoms with van der Waals surface area (Å²) in [5.41, 5.74) is 0.860. The number of carbonyl (C=O) groups excluding carboxylic acids is 1. The molecule has 0 bridgehead atoms. The molecule has 4 nitrogen and oxygen atoms in total. The predicted molar refractivity (Wildman–Crippen MR) is 66.4 cm³/mol. The van der Waals surface area contributed by atoms with Crippen LogP contribution >= 0.6 is 11.6 Å². The van der Waals surface area contributed by atoms with Gasteiger partial charge < -0.3 is 9.52 Å². The predicted octanol–water partition coefficient (Wildman–Crippen LogP) is 2.88. The summed E-state index contributed by atoms with van der Waals surface area (Å²) < 4.78 is 4.79. The van der Waals surface area contributed by atoms with E-state index in [4.69, 9.17) is 16.0 Å². The van der Waals surface area contributed by atoms with Crippen molar-refractivity contribution in [2.75, 3.05) is 0 Å². The van der Waals surface area contributed by atoms with Gasteiger partial charge in [-0.2, -0.15) is 0 Å². The average Bonchev–Trinajstić information content (AvgIpc) is 2.91. The van der Waals surface area contributed by atoms with Crippen LogP contribution in [0.3, 0.4) is 0 Å². The second-order valence-corrected chi connectivity index (χ2v) is 4.45. The number of benzene rings is 1. The number of halogens is 1. The van der Waals surface area contributed by atoms with Crippen molar-refractivity contribution in [2.45, 2.75) is 13.0 Å². The van der Waals surface area contributed by atoms with Crippen LogP contribution in [0.15, 0.2) is 41.3 Å². The van der Waals surface area contributed by atoms with Crippen LogP contribution in [0.1, 0.15) is 29.1 Å². The molecule has 0 saturated carbocycles. The van der Waals surface area contributed by atoms with E-state index in [0.29, 0.717) is 16.3 Å². The van der Waals surface area contributed by atoms with E-state index < -0.39 is 12.0 Å². The fourth-order valence-corrected chi connectivity index (χ4v) is 1.77. The fraction of sp³-hybridized carbons (Fsp3) is 0.231. The first-order valence-electron chi connectivity index (χ1n) is 5.45. The lowest BCUT2D eigenvalue weighted by Gasteiger charge is -2.15. The maximum absolute atomic E-state index is 12.1. The Morgan fingerprint density at radius 1 is 1.39 bits per heavy atom. The van der Waals surface area contributed by atoms with E-state index >= 15 is 0 Å². The fourth-order valence-electron chi connectivity index (χ4n) is 1.64. The van der Waals surface area contributed by atoms with Gasteiger partial charge in [-0.25, -0.2) is 4.98 Å². The number of ketones is 1. The zero-order chi connectivity index (χ0) is 13.1. The highest BCUT2D eigenvalue weighted by Crippen LogP contribution is 2.24. The van der Waals surface area contributed by atoms with E-state index in [9.17, 15) is 9.90 Å². The molecule has 1 N–H and O–H groups in total. The lowest BCUT2D eigenvalue weighted by atomic mass is 9.93. The van der Waals surface area contributed by atoms with E-state index in [1.54, 1.807) is 31.2 Å². The SMILES string of the molecule is CC(C(=O)c1ccc(Cl)cc1)C(O)c1cocn1. The Bertz CT molecular complexity index is 522. The highest BCUT2D eigenvalue weighted by molar-refractivity contribution is 6.30. The number of nitrogens with zero attached hydrogens (tertiary/aromatic N) is 1. The molecular weight excluding hydrogens is 254 g/mol. The third-order valence-electron chi connectivity index (χ3n) is 2.77. The van der Waals surface area contributed by atoms with Crippen LogP contribution in [0.5, 0.6) is 0 Å². The Kier molecular flexibility index (Phi) is 3.79. The van der Waals surface area contributed by atoms with Crippen LogP contribution in [0.2, 0.25) is 5.02 Å². The van der Waals surface area contributed by atoms with Gasteiger partial charge in [0.15, 0.2) is 12.2 Å². The molecule has 2 rings (SSSR count). The van der Waals surface area contributed by atoms with Gasteiger partial charge in [-0.15, -0.1) is 0 Å². The number of Topliss-reactive ketones (excluding diaryl/α,β-unsaturated/α-hetero) is 1. The number of aliphatic hydroxyl groups excluding tert-OH is 1. The summed E-state index contributed by atoms with van der Waals surface area (Å²) >= 11 is 5.76. The molecule has 2 unspecified atom stereocenters. The second-order valence-electron chi connectivity index (χ2n) is 4.02. The molecule has 0 amide bonds. The number of aromatic nitrogens is 1. The van der Waals surface area contributed by atoms with E-state index in [2.05, 4.69) is 4.98 Å². The molecule has 0 aliphatic rings. The molecule has 94 valence electrons. The Labute approximate surface area is 109 Å². The molecule has 5 heteroatoms. The van der Waals surface area contributed by atoms with Gasteiger partial charge in [0.2, 0.25) is 0 Å². The van der Waals surface area contributed by atoms with E-state index in [-0.39, 0.29) is 5.78 Å². The van der Waals surface area contributed by atoms with Gasteiger partial charge in [-0.05, 0) is 24.3 Å². The van der Waals surface area contributed by atoms with Gasteiger partial charge in [0.05, 0.1) is 5.92 Å². The van der Waals surface area contributed by atoms with Crippen molar-refractivity contribution in [1.82, 2.24) is 4.98 Å². The largest absolute Gasteiger partial charge is 0.451 e. The van der Waals surface area contributed by atoms with Gasteiger partial charge in [0.25, 0.3) is 0 Å². The molecule has 1 aromatic carbocycles. The average molecular weight is 266 g/mol. The molecule has 0 fully saturated rings. The highest BCUT2D eigenvalue weighted by atomic mass is 35.5. The lowest BCUT2D eigenvalue weighted by Crippen LogP contribution is -2.19. The molecular formula is C13H12ClNO3. The molecule has 2 aromatic rings. The molecule has 0 radical (unpaired) electrons. The number of hydrogen-bond acceptors (Lipinski definition) is 4. The van der Waals surface area contributed by atoms with E-state index in [0.717, 1.165) is 0 Å². The van der Waals surface area contributed by atoms with Crippen molar-refractivity contribution in [3.05, 3.63) is 53.2 Å². The third kappa shape index (κ3) is 2.60. The molecule has 0 aliphatic carbocycles. The van der Waals surface area contributed by atoms with Crippen LogP contribution < -0.4 is 0 Å². The van der Waals surface area contributed by atoms with Gasteiger partial charge in [0.1, 0.15) is 18.1 Å². The molecule has 0 saturated heterocycles. The lowest BCUT2D eigenvalue weighted by molar-refractivity contribution is 0.0702. The van der Waals surface area contributed by atoms with Crippen molar-refractivity contribution >= 4 is 17.4 Å². The molecule has 1 aromatic heterocycles. The normalized spacial score (nSPS) is 14.2. The van der Waals surface area contributed by atoms with Crippen LogP contribution in [-0.4, -0.2) is 15.9 Å². The van der Waals surface area contributed by atoms with Gasteiger partial charge >= 0.3 is 0 Å². The van der Waals surface area contributed by atoms with Crippen molar-refractivity contribution in [1.29, 1.82) is 0 Å². The minimum Gasteiger partial charge on any atom is -0.451 e. The summed E-state index contributed by atoms with van der Waals surface area (Å²) in [7, 11) is 0. The number of aliphatic hydroxyl groups is 1. The zero-order valence-electron chi connectivity index (χ0n) is 9.71. The standard InChI is InChI=1S/C13H12ClNO3/c1-8(13(17)11-6-18-7-15-11)12(16)9-2-4-10(14)5-3-9/h2-8,13,17H,1H3. The number of rotatable bonds is 4. The summed E-state index contributed by atoms with van der Waals surface area (Å²) in [4.78, 5) is 16.0. The van der Waals surface area contributed by atoms with Gasteiger partial charge in [-0.1, -0.05) is 18.5 Å². The van der Waals surface area contributed by atoms with Crippen LogP contribution in [0.25, 0.3) is 0 Å². The second kappa shape index (κ2) is 5.33. The van der Waals surface area contributed by atoms with Crippen molar-refractivity contribution in [3.63, 3.8) is 0 Å². The topological polar surface area (TPSA) is 63.3 Å². The van der Waals surface area contributed by atoms with Crippen molar-refractivity contribution in [3.8, 4) is 0 Å². The van der Waals surface area contributed by atoms with Gasteiger partial charge in [-0.3, -0.25) is 4.79 Å². The van der Waals surface area contributed by atoms with Gasteiger partial charge in [0, 0.05) is 10.6 Å².